The maximum atomic E-state index is 13.8. The Morgan fingerprint density at radius 3 is 2.00 bits per heavy atom. The zero-order chi connectivity index (χ0) is 42.5. The average Bonchev–Trinajstić information content (AvgIpc) is 4.00. The van der Waals surface area contributed by atoms with E-state index in [-0.39, 0.29) is 30.9 Å². The van der Waals surface area contributed by atoms with Crippen molar-refractivity contribution in [1.82, 2.24) is 43.6 Å². The first-order chi connectivity index (χ1) is 28.9. The second kappa shape index (κ2) is 18.0. The number of nitrogens with one attached hydrogen (secondary N) is 2. The summed E-state index contributed by atoms with van der Waals surface area (Å²) >= 11 is 0. The topological polar surface area (TPSA) is 220 Å². The number of morpholine rings is 1. The van der Waals surface area contributed by atoms with E-state index >= 15 is 0 Å². The van der Waals surface area contributed by atoms with Crippen molar-refractivity contribution in [2.24, 2.45) is 11.5 Å². The van der Waals surface area contributed by atoms with Gasteiger partial charge in [-0.2, -0.15) is 10.2 Å². The molecule has 0 atom stereocenters. The Hall–Kier alpha value is -6.79. The molecule has 60 heavy (non-hydrogen) atoms. The Bertz CT molecular complexity index is 2610. The van der Waals surface area contributed by atoms with Gasteiger partial charge in [0, 0.05) is 62.6 Å². The van der Waals surface area contributed by atoms with Crippen LogP contribution >= 0.6 is 0 Å². The number of nitrogens with zero attached hydrogens (tertiary/aromatic N) is 9. The number of carbonyl (C=O) groups excluding carboxylic acids is 3. The third-order valence-corrected chi connectivity index (χ3v) is 10.3. The number of aryl methyl sites for hydroxylation is 4. The predicted octanol–water partition coefficient (Wildman–Crippen LogP) is 4.33. The van der Waals surface area contributed by atoms with E-state index in [4.69, 9.17) is 30.9 Å². The van der Waals surface area contributed by atoms with Gasteiger partial charge in [0.2, 0.25) is 17.8 Å². The van der Waals surface area contributed by atoms with E-state index in [1.54, 1.807) is 39.7 Å². The number of benzene rings is 2. The van der Waals surface area contributed by atoms with Crippen LogP contribution in [0.3, 0.4) is 0 Å². The summed E-state index contributed by atoms with van der Waals surface area (Å²) in [6.45, 7) is 17.5. The monoisotopic (exact) mass is 817 g/mol. The molecular formula is C42H51N13O5. The van der Waals surface area contributed by atoms with Crippen molar-refractivity contribution in [3.8, 4) is 5.75 Å². The van der Waals surface area contributed by atoms with Crippen molar-refractivity contribution in [2.45, 2.75) is 60.3 Å². The molecule has 18 nitrogen and oxygen atoms in total. The number of nitrogens with two attached hydrogens (primary N) is 2. The maximum absolute atomic E-state index is 13.8. The number of amides is 3. The van der Waals surface area contributed by atoms with Gasteiger partial charge in [-0.15, -0.1) is 0 Å². The molecule has 2 aromatic carbocycles. The molecule has 1 aliphatic heterocycles. The lowest BCUT2D eigenvalue weighted by Gasteiger charge is -2.26. The van der Waals surface area contributed by atoms with Crippen LogP contribution < -0.4 is 26.8 Å². The van der Waals surface area contributed by atoms with Gasteiger partial charge in [0.1, 0.15) is 22.7 Å². The minimum absolute atomic E-state index is 0.264. The molecular weight excluding hydrogens is 767 g/mol. The number of rotatable bonds is 17. The quantitative estimate of drug-likeness (QED) is 0.0750. The number of primary amides is 1. The molecule has 1 fully saturated rings. The molecule has 1 aliphatic rings. The largest absolute Gasteiger partial charge is 0.491 e. The van der Waals surface area contributed by atoms with Gasteiger partial charge in [0.05, 0.1) is 47.8 Å². The van der Waals surface area contributed by atoms with Gasteiger partial charge in [-0.25, -0.2) is 9.97 Å². The molecule has 6 N–H and O–H groups in total. The van der Waals surface area contributed by atoms with E-state index in [1.807, 2.05) is 61.1 Å². The van der Waals surface area contributed by atoms with E-state index in [9.17, 15) is 14.4 Å². The number of hydrogen-bond donors (Lipinski definition) is 4. The van der Waals surface area contributed by atoms with Crippen LogP contribution in [0.4, 0.5) is 11.9 Å². The maximum Gasteiger partial charge on any atom is 0.276 e. The lowest BCUT2D eigenvalue weighted by atomic mass is 10.1. The van der Waals surface area contributed by atoms with Crippen molar-refractivity contribution >= 4 is 57.4 Å². The molecule has 18 heteroatoms. The molecule has 0 aliphatic carbocycles. The van der Waals surface area contributed by atoms with Crippen molar-refractivity contribution in [3.63, 3.8) is 0 Å². The minimum atomic E-state index is -0.590. The first-order valence-electron chi connectivity index (χ1n) is 20.0. The summed E-state index contributed by atoms with van der Waals surface area (Å²) in [6, 6.07) is 12.1. The number of imidazole rings is 2. The van der Waals surface area contributed by atoms with E-state index in [0.717, 1.165) is 45.0 Å². The highest BCUT2D eigenvalue weighted by Gasteiger charge is 2.22. The van der Waals surface area contributed by atoms with Gasteiger partial charge in [0.25, 0.3) is 11.8 Å². The standard InChI is InChI=1S/C42H51N13O5/c1-6-54-34(21-26(3)49-54)39(57)47-41-45-31-23-29(38(44)56)11-12-33(31)52(41)14-8-9-15-53-37-32(46-42(53)48-40(58)35-22-27(4)50-55(35)7-2)24-30(28(5)43)25-36(37)60-18-10-13-51-16-19-59-20-17-51/h8-9,11-12,21-25H,5-7,10,13-20,43H2,1-4H3,(H2,44,56)(H,45,47,57)(H,46,48,58)/b9-8+. The Labute approximate surface area is 346 Å². The normalized spacial score (nSPS) is 13.4. The van der Waals surface area contributed by atoms with Crippen LogP contribution in [-0.4, -0.2) is 101 Å². The van der Waals surface area contributed by atoms with Gasteiger partial charge in [-0.1, -0.05) is 18.7 Å². The van der Waals surface area contributed by atoms with Crippen LogP contribution in [0.25, 0.3) is 27.8 Å². The molecule has 0 bridgehead atoms. The van der Waals surface area contributed by atoms with Crippen molar-refractivity contribution in [1.29, 1.82) is 0 Å². The lowest BCUT2D eigenvalue weighted by molar-refractivity contribution is 0.0358. The molecule has 0 saturated carbocycles. The van der Waals surface area contributed by atoms with Crippen LogP contribution in [-0.2, 0) is 30.9 Å². The van der Waals surface area contributed by atoms with Gasteiger partial charge in [-0.05, 0) is 76.6 Å². The number of allylic oxidation sites excluding steroid dienone is 2. The Morgan fingerprint density at radius 2 is 1.40 bits per heavy atom. The second-order valence-corrected chi connectivity index (χ2v) is 14.5. The average molecular weight is 818 g/mol. The molecule has 6 aromatic rings. The van der Waals surface area contributed by atoms with E-state index in [1.165, 1.54) is 0 Å². The molecule has 7 rings (SSSR count). The summed E-state index contributed by atoms with van der Waals surface area (Å²) in [5.74, 6) is -0.225. The fourth-order valence-electron chi connectivity index (χ4n) is 7.29. The molecule has 314 valence electrons. The molecule has 0 spiro atoms. The highest BCUT2D eigenvalue weighted by molar-refractivity contribution is 6.04. The molecule has 5 heterocycles. The fourth-order valence-corrected chi connectivity index (χ4v) is 7.29. The van der Waals surface area contributed by atoms with Gasteiger partial charge in [0.15, 0.2) is 0 Å². The smallest absolute Gasteiger partial charge is 0.276 e. The second-order valence-electron chi connectivity index (χ2n) is 14.5. The van der Waals surface area contributed by atoms with Crippen molar-refractivity contribution in [3.05, 3.63) is 95.1 Å². The predicted molar refractivity (Wildman–Crippen MR) is 229 cm³/mol. The molecule has 0 radical (unpaired) electrons. The zero-order valence-electron chi connectivity index (χ0n) is 34.4. The third kappa shape index (κ3) is 8.93. The van der Waals surface area contributed by atoms with Crippen LogP contribution in [0.1, 0.15) is 68.6 Å². The van der Waals surface area contributed by atoms with Crippen LogP contribution in [0.2, 0.25) is 0 Å². The summed E-state index contributed by atoms with van der Waals surface area (Å²) in [4.78, 5) is 51.3. The lowest BCUT2D eigenvalue weighted by Crippen LogP contribution is -2.37. The van der Waals surface area contributed by atoms with E-state index in [0.29, 0.717) is 87.4 Å². The van der Waals surface area contributed by atoms with E-state index in [2.05, 4.69) is 32.3 Å². The molecule has 4 aromatic heterocycles. The first-order valence-corrected chi connectivity index (χ1v) is 20.0. The third-order valence-electron chi connectivity index (χ3n) is 10.3. The first kappa shape index (κ1) is 41.4. The van der Waals surface area contributed by atoms with E-state index < -0.39 is 5.91 Å². The van der Waals surface area contributed by atoms with Crippen LogP contribution in [0.15, 0.2) is 61.2 Å². The highest BCUT2D eigenvalue weighted by atomic mass is 16.5. The Kier molecular flexibility index (Phi) is 12.4. The fraction of sp³-hybridized carbons (Fsp3) is 0.357. The summed E-state index contributed by atoms with van der Waals surface area (Å²) in [5, 5.41) is 14.8. The van der Waals surface area contributed by atoms with Crippen LogP contribution in [0.5, 0.6) is 5.75 Å². The zero-order valence-corrected chi connectivity index (χ0v) is 34.4. The van der Waals surface area contributed by atoms with Gasteiger partial charge >= 0.3 is 0 Å². The number of anilines is 2. The summed E-state index contributed by atoms with van der Waals surface area (Å²) < 4.78 is 19.0. The summed E-state index contributed by atoms with van der Waals surface area (Å²) in [7, 11) is 0. The summed E-state index contributed by atoms with van der Waals surface area (Å²) in [6.07, 6.45) is 4.64. The number of ether oxygens (including phenoxy) is 2. The molecule has 3 amide bonds. The number of hydrogen-bond acceptors (Lipinski definition) is 11. The highest BCUT2D eigenvalue weighted by Crippen LogP contribution is 2.33. The number of fused-ring (bicyclic) bond motifs is 2. The van der Waals surface area contributed by atoms with Gasteiger partial charge in [-0.3, -0.25) is 39.3 Å². The Balaban J connectivity index is 1.22. The molecule has 0 unspecified atom stereocenters. The number of aromatic nitrogens is 8. The van der Waals surface area contributed by atoms with Gasteiger partial charge < -0.3 is 30.1 Å². The van der Waals surface area contributed by atoms with Crippen molar-refractivity contribution < 1.29 is 23.9 Å². The van der Waals surface area contributed by atoms with Crippen molar-refractivity contribution in [2.75, 3.05) is 50.1 Å². The number of carbonyl (C=O) groups is 3. The SMILES string of the molecule is C=C(N)c1cc(OCCCN2CCOCC2)c2c(c1)nc(NC(=O)c1cc(C)nn1CC)n2C/C=C/Cn1c(NC(=O)c2cc(C)nn2CC)nc2cc(C(N)=O)ccc21. The molecule has 1 saturated heterocycles. The van der Waals surface area contributed by atoms with Crippen LogP contribution in [0, 0.1) is 13.8 Å². The summed E-state index contributed by atoms with van der Waals surface area (Å²) in [5.41, 5.74) is 17.7. The Morgan fingerprint density at radius 1 is 0.817 bits per heavy atom. The minimum Gasteiger partial charge on any atom is -0.491 e.